The van der Waals surface area contributed by atoms with Gasteiger partial charge in [-0.15, -0.1) is 0 Å². The smallest absolute Gasteiger partial charge is 0.339 e. The number of esters is 1. The molecular weight excluding hydrogens is 302 g/mol. The van der Waals surface area contributed by atoms with Crippen molar-refractivity contribution in [1.29, 1.82) is 0 Å². The van der Waals surface area contributed by atoms with Crippen molar-refractivity contribution in [2.24, 2.45) is 0 Å². The van der Waals surface area contributed by atoms with Crippen LogP contribution in [0.4, 0.5) is 5.69 Å². The van der Waals surface area contributed by atoms with E-state index in [2.05, 4.69) is 5.32 Å². The first-order valence-electron chi connectivity index (χ1n) is 8.01. The minimum atomic E-state index is -1.21. The predicted octanol–water partition coefficient (Wildman–Crippen LogP) is 3.72. The third-order valence-electron chi connectivity index (χ3n) is 4.48. The van der Waals surface area contributed by atoms with Gasteiger partial charge in [0.1, 0.15) is 0 Å². The second-order valence-electron chi connectivity index (χ2n) is 6.68. The Balaban J connectivity index is 1.90. The van der Waals surface area contributed by atoms with Gasteiger partial charge in [0, 0.05) is 12.1 Å². The van der Waals surface area contributed by atoms with Gasteiger partial charge in [-0.25, -0.2) is 4.79 Å². The maximum Gasteiger partial charge on any atom is 0.339 e. The van der Waals surface area contributed by atoms with Crippen molar-refractivity contribution in [1.82, 2.24) is 0 Å². The van der Waals surface area contributed by atoms with Gasteiger partial charge in [0.05, 0.1) is 5.56 Å². The van der Waals surface area contributed by atoms with E-state index < -0.39 is 11.6 Å². The van der Waals surface area contributed by atoms with Gasteiger partial charge in [0.15, 0.2) is 5.60 Å². The largest absolute Gasteiger partial charge is 0.445 e. The number of cyclic esters (lactones) is 1. The summed E-state index contributed by atoms with van der Waals surface area (Å²) in [7, 11) is 0. The second kappa shape index (κ2) is 5.78. The molecule has 0 fully saturated rings. The molecular formula is C20H21NO3. The van der Waals surface area contributed by atoms with Gasteiger partial charge in [0.2, 0.25) is 0 Å². The summed E-state index contributed by atoms with van der Waals surface area (Å²) in [6, 6.07) is 11.3. The summed E-state index contributed by atoms with van der Waals surface area (Å²) in [6.45, 7) is 7.60. The Morgan fingerprint density at radius 1 is 1.12 bits per heavy atom. The molecule has 1 aliphatic rings. The third-order valence-corrected chi connectivity index (χ3v) is 4.48. The monoisotopic (exact) mass is 323 g/mol. The van der Waals surface area contributed by atoms with Crippen molar-refractivity contribution in [3.05, 3.63) is 64.2 Å². The lowest BCUT2D eigenvalue weighted by Crippen LogP contribution is -2.49. The molecule has 1 aliphatic heterocycles. The van der Waals surface area contributed by atoms with E-state index in [1.165, 1.54) is 0 Å². The van der Waals surface area contributed by atoms with Gasteiger partial charge in [0.25, 0.3) is 5.91 Å². The number of carbonyl (C=O) groups is 2. The molecule has 0 radical (unpaired) electrons. The summed E-state index contributed by atoms with van der Waals surface area (Å²) in [5, 5.41) is 2.95. The summed E-state index contributed by atoms with van der Waals surface area (Å²) in [4.78, 5) is 25.1. The molecule has 0 spiro atoms. The number of amides is 1. The molecule has 1 unspecified atom stereocenters. The first-order chi connectivity index (χ1) is 11.3. The van der Waals surface area contributed by atoms with Crippen molar-refractivity contribution < 1.29 is 14.3 Å². The molecule has 0 aromatic heterocycles. The molecule has 1 atom stereocenters. The second-order valence-corrected chi connectivity index (χ2v) is 6.68. The lowest BCUT2D eigenvalue weighted by molar-refractivity contribution is -0.134. The number of carbonyl (C=O) groups excluding carboxylic acids is 2. The fourth-order valence-electron chi connectivity index (χ4n) is 3.28. The van der Waals surface area contributed by atoms with Crippen molar-refractivity contribution in [2.45, 2.75) is 39.7 Å². The lowest BCUT2D eigenvalue weighted by atomic mass is 9.89. The SMILES string of the molecule is Cc1cc(C)c(NC(=O)C2(C)Cc3ccccc3C(=O)O2)c(C)c1. The lowest BCUT2D eigenvalue weighted by Gasteiger charge is -2.33. The van der Waals surface area contributed by atoms with Gasteiger partial charge in [-0.05, 0) is 50.5 Å². The Labute approximate surface area is 141 Å². The highest BCUT2D eigenvalue weighted by Crippen LogP contribution is 2.30. The van der Waals surface area contributed by atoms with Crippen LogP contribution in [0.3, 0.4) is 0 Å². The van der Waals surface area contributed by atoms with Crippen LogP contribution in [-0.4, -0.2) is 17.5 Å². The molecule has 0 bridgehead atoms. The van der Waals surface area contributed by atoms with Crippen LogP contribution in [0.15, 0.2) is 36.4 Å². The summed E-state index contributed by atoms with van der Waals surface area (Å²) in [6.07, 6.45) is 0.366. The first kappa shape index (κ1) is 16.2. The number of benzene rings is 2. The van der Waals surface area contributed by atoms with Crippen LogP contribution < -0.4 is 5.32 Å². The number of ether oxygens (including phenoxy) is 1. The Bertz CT molecular complexity index is 818. The summed E-state index contributed by atoms with van der Waals surface area (Å²) >= 11 is 0. The molecule has 2 aromatic rings. The van der Waals surface area contributed by atoms with E-state index in [1.54, 1.807) is 19.1 Å². The van der Waals surface area contributed by atoms with Crippen LogP contribution in [-0.2, 0) is 16.0 Å². The molecule has 2 aromatic carbocycles. The van der Waals surface area contributed by atoms with Crippen molar-refractivity contribution >= 4 is 17.6 Å². The fourth-order valence-corrected chi connectivity index (χ4v) is 3.28. The topological polar surface area (TPSA) is 55.4 Å². The molecule has 124 valence electrons. The van der Waals surface area contributed by atoms with Crippen molar-refractivity contribution in [2.75, 3.05) is 5.32 Å². The number of nitrogens with one attached hydrogen (secondary N) is 1. The van der Waals surface area contributed by atoms with E-state index in [9.17, 15) is 9.59 Å². The van der Waals surface area contributed by atoms with E-state index in [0.29, 0.717) is 12.0 Å². The Kier molecular flexibility index (Phi) is 3.91. The molecule has 1 N–H and O–H groups in total. The maximum atomic E-state index is 12.8. The standard InChI is InChI=1S/C20H21NO3/c1-12-9-13(2)17(14(3)10-12)21-19(23)20(4)11-15-7-5-6-8-16(15)18(22)24-20/h5-10H,11H2,1-4H3,(H,21,23). The average Bonchev–Trinajstić information content (AvgIpc) is 2.50. The molecule has 4 heteroatoms. The van der Waals surface area contributed by atoms with E-state index in [-0.39, 0.29) is 5.91 Å². The molecule has 0 aliphatic carbocycles. The van der Waals surface area contributed by atoms with Crippen molar-refractivity contribution in [3.8, 4) is 0 Å². The Hall–Kier alpha value is -2.62. The zero-order chi connectivity index (χ0) is 17.5. The van der Waals surface area contributed by atoms with Crippen LogP contribution in [0.1, 0.15) is 39.5 Å². The number of fused-ring (bicyclic) bond motifs is 1. The number of hydrogen-bond acceptors (Lipinski definition) is 3. The molecule has 1 heterocycles. The summed E-state index contributed by atoms with van der Waals surface area (Å²) < 4.78 is 5.49. The number of hydrogen-bond donors (Lipinski definition) is 1. The molecule has 3 rings (SSSR count). The zero-order valence-electron chi connectivity index (χ0n) is 14.4. The van der Waals surface area contributed by atoms with Gasteiger partial charge >= 0.3 is 5.97 Å². The van der Waals surface area contributed by atoms with Gasteiger partial charge in [-0.1, -0.05) is 35.9 Å². The molecule has 0 saturated carbocycles. The third kappa shape index (κ3) is 2.80. The van der Waals surface area contributed by atoms with Crippen LogP contribution in [0.2, 0.25) is 0 Å². The quantitative estimate of drug-likeness (QED) is 0.857. The van der Waals surface area contributed by atoms with Crippen LogP contribution in [0.5, 0.6) is 0 Å². The predicted molar refractivity (Wildman–Crippen MR) is 93.2 cm³/mol. The molecule has 4 nitrogen and oxygen atoms in total. The number of rotatable bonds is 2. The molecule has 0 saturated heterocycles. The Morgan fingerprint density at radius 3 is 2.42 bits per heavy atom. The minimum Gasteiger partial charge on any atom is -0.445 e. The van der Waals surface area contributed by atoms with Crippen molar-refractivity contribution in [3.63, 3.8) is 0 Å². The van der Waals surface area contributed by atoms with Gasteiger partial charge in [-0.3, -0.25) is 4.79 Å². The highest BCUT2D eigenvalue weighted by molar-refractivity contribution is 6.03. The average molecular weight is 323 g/mol. The van der Waals surface area contributed by atoms with Crippen LogP contribution in [0.25, 0.3) is 0 Å². The Morgan fingerprint density at radius 2 is 1.75 bits per heavy atom. The van der Waals surface area contributed by atoms with E-state index in [0.717, 1.165) is 27.9 Å². The molecule has 1 amide bonds. The van der Waals surface area contributed by atoms with E-state index >= 15 is 0 Å². The minimum absolute atomic E-state index is 0.305. The fraction of sp³-hybridized carbons (Fsp3) is 0.300. The summed E-state index contributed by atoms with van der Waals surface area (Å²) in [5.74, 6) is -0.757. The summed E-state index contributed by atoms with van der Waals surface area (Å²) in [5.41, 5.74) is 4.07. The first-order valence-corrected chi connectivity index (χ1v) is 8.01. The maximum absolute atomic E-state index is 12.8. The highest BCUT2D eigenvalue weighted by atomic mass is 16.6. The number of anilines is 1. The van der Waals surface area contributed by atoms with Crippen LogP contribution >= 0.6 is 0 Å². The van der Waals surface area contributed by atoms with Gasteiger partial charge in [-0.2, -0.15) is 0 Å². The van der Waals surface area contributed by atoms with E-state index in [4.69, 9.17) is 4.74 Å². The van der Waals surface area contributed by atoms with Crippen LogP contribution in [0, 0.1) is 20.8 Å². The highest BCUT2D eigenvalue weighted by Gasteiger charge is 2.42. The zero-order valence-corrected chi connectivity index (χ0v) is 14.4. The molecule has 24 heavy (non-hydrogen) atoms. The number of aryl methyl sites for hydroxylation is 3. The van der Waals surface area contributed by atoms with E-state index in [1.807, 2.05) is 45.0 Å². The normalized spacial score (nSPS) is 19.4. The van der Waals surface area contributed by atoms with Gasteiger partial charge < -0.3 is 10.1 Å².